The smallest absolute Gasteiger partial charge is 0.266 e. The highest BCUT2D eigenvalue weighted by atomic mass is 16.7. The van der Waals surface area contributed by atoms with Gasteiger partial charge in [0.05, 0.1) is 11.8 Å². The largest absolute Gasteiger partial charge is 0.355 e. The topological polar surface area (TPSA) is 73.3 Å². The summed E-state index contributed by atoms with van der Waals surface area (Å²) in [5, 5.41) is 0. The minimum atomic E-state index is -0.634. The van der Waals surface area contributed by atoms with Crippen molar-refractivity contribution >= 4 is 18.2 Å². The van der Waals surface area contributed by atoms with Crippen LogP contribution in [0.1, 0.15) is 19.5 Å². The molecule has 0 atom stereocenters. The van der Waals surface area contributed by atoms with Crippen LogP contribution in [0.4, 0.5) is 0 Å². The van der Waals surface area contributed by atoms with Gasteiger partial charge in [0.1, 0.15) is 5.69 Å². The molecule has 114 valence electrons. The van der Waals surface area contributed by atoms with E-state index in [4.69, 9.17) is 4.84 Å². The number of aromatic nitrogens is 2. The Morgan fingerprint density at radius 3 is 2.36 bits per heavy atom. The van der Waals surface area contributed by atoms with Gasteiger partial charge in [-0.25, -0.2) is 9.59 Å². The molecule has 2 aromatic rings. The van der Waals surface area contributed by atoms with Crippen LogP contribution in [0.2, 0.25) is 0 Å². The molecule has 2 rings (SSSR count). The van der Waals surface area contributed by atoms with Crippen molar-refractivity contribution in [2.45, 2.75) is 20.8 Å². The maximum Gasteiger partial charge on any atom is 0.355 e. The fraction of sp³-hybridized carbons (Fsp3) is 0.200. The molecule has 0 saturated heterocycles. The Kier molecular flexibility index (Phi) is 4.36. The van der Waals surface area contributed by atoms with Crippen molar-refractivity contribution < 1.29 is 19.2 Å². The Hall–Kier alpha value is -2.96. The lowest BCUT2D eigenvalue weighted by molar-refractivity contribution is -0.689. The molecule has 22 heavy (non-hydrogen) atoms. The number of hydrogen-bond donors (Lipinski definition) is 0. The number of hydroxylamine groups is 1. The molecule has 0 fully saturated rings. The van der Waals surface area contributed by atoms with Crippen molar-refractivity contribution in [1.29, 1.82) is 0 Å². The van der Waals surface area contributed by atoms with Gasteiger partial charge in [-0.2, -0.15) is 0 Å². The highest BCUT2D eigenvalue weighted by Crippen LogP contribution is 2.05. The molecule has 0 N–H and O–H groups in total. The van der Waals surface area contributed by atoms with Gasteiger partial charge < -0.3 is 0 Å². The first kappa shape index (κ1) is 15.4. The van der Waals surface area contributed by atoms with Gasteiger partial charge in [0, 0.05) is 20.8 Å². The highest BCUT2D eigenvalue weighted by molar-refractivity contribution is 5.72. The third-order valence-electron chi connectivity index (χ3n) is 2.87. The molecule has 0 saturated carbocycles. The summed E-state index contributed by atoms with van der Waals surface area (Å²) in [6.45, 7) is 4.16. The van der Waals surface area contributed by atoms with Crippen LogP contribution in [-0.4, -0.2) is 32.3 Å². The van der Waals surface area contributed by atoms with Gasteiger partial charge in [-0.05, 0) is 16.9 Å². The summed E-state index contributed by atoms with van der Waals surface area (Å²) >= 11 is 0. The van der Waals surface area contributed by atoms with Crippen molar-refractivity contribution in [1.82, 2.24) is 9.36 Å². The fourth-order valence-electron chi connectivity index (χ4n) is 1.94. The number of hydrogen-bond acceptors (Lipinski definition) is 4. The first-order valence-electron chi connectivity index (χ1n) is 6.60. The zero-order valence-electron chi connectivity index (χ0n) is 12.5. The van der Waals surface area contributed by atoms with E-state index in [1.54, 1.807) is 31.2 Å². The van der Waals surface area contributed by atoms with E-state index in [1.807, 2.05) is 6.07 Å². The molecule has 7 nitrogen and oxygen atoms in total. The molecular weight excluding hydrogens is 286 g/mol. The minimum Gasteiger partial charge on any atom is -0.266 e. The van der Waals surface area contributed by atoms with Crippen LogP contribution in [0.3, 0.4) is 0 Å². The lowest BCUT2D eigenvalue weighted by Gasteiger charge is -2.04. The molecule has 0 spiro atoms. The van der Waals surface area contributed by atoms with Crippen LogP contribution >= 0.6 is 0 Å². The molecule has 0 unspecified atom stereocenters. The van der Waals surface area contributed by atoms with Crippen LogP contribution in [0, 0.1) is 6.92 Å². The predicted octanol–water partition coefficient (Wildman–Crippen LogP) is 0.861. The highest BCUT2D eigenvalue weighted by Gasteiger charge is 2.19. The van der Waals surface area contributed by atoms with E-state index in [0.717, 1.165) is 4.74 Å². The molecule has 1 aromatic carbocycles. The lowest BCUT2D eigenvalue weighted by atomic mass is 10.3. The number of rotatable bonds is 2. The van der Waals surface area contributed by atoms with Crippen molar-refractivity contribution in [3.8, 4) is 5.69 Å². The van der Waals surface area contributed by atoms with Gasteiger partial charge in [-0.15, -0.1) is 9.36 Å². The van der Waals surface area contributed by atoms with Crippen molar-refractivity contribution in [2.24, 2.45) is 0 Å². The third kappa shape index (κ3) is 3.20. The average molecular weight is 302 g/mol. The van der Waals surface area contributed by atoms with Crippen LogP contribution in [-0.2, 0) is 14.4 Å². The summed E-state index contributed by atoms with van der Waals surface area (Å²) in [6, 6.07) is 10.4. The number of nitrogens with zero attached hydrogens (tertiary/aromatic N) is 3. The first-order valence-corrected chi connectivity index (χ1v) is 6.60. The number of amides is 1. The van der Waals surface area contributed by atoms with Crippen molar-refractivity contribution in [3.63, 3.8) is 0 Å². The number of benzene rings is 1. The normalized spacial score (nSPS) is 11.3. The zero-order chi connectivity index (χ0) is 16.3. The Morgan fingerprint density at radius 2 is 1.82 bits per heavy atom. The summed E-state index contributed by atoms with van der Waals surface area (Å²) in [6.07, 6.45) is 1.26. The van der Waals surface area contributed by atoms with Crippen molar-refractivity contribution in [2.75, 3.05) is 0 Å². The van der Waals surface area contributed by atoms with Gasteiger partial charge in [-0.1, -0.05) is 18.2 Å². The molecule has 1 amide bonds. The molecule has 0 aliphatic heterocycles. The van der Waals surface area contributed by atoms with E-state index in [0.29, 0.717) is 11.4 Å². The van der Waals surface area contributed by atoms with Gasteiger partial charge in [0.15, 0.2) is 0 Å². The maximum absolute atomic E-state index is 12.1. The summed E-state index contributed by atoms with van der Waals surface area (Å²) in [5.74, 6) is -1.12. The second-order valence-corrected chi connectivity index (χ2v) is 4.66. The SMILES string of the molecule is CC(=O)O[N+](=Cn1c(C)cc(=O)n1-c1ccccc1)C(C)=O. The van der Waals surface area contributed by atoms with Gasteiger partial charge in [-0.3, -0.25) is 9.63 Å². The first-order chi connectivity index (χ1) is 10.4. The van der Waals surface area contributed by atoms with Gasteiger partial charge in [0.2, 0.25) is 0 Å². The second kappa shape index (κ2) is 6.21. The van der Waals surface area contributed by atoms with Crippen LogP contribution in [0.25, 0.3) is 5.69 Å². The fourth-order valence-corrected chi connectivity index (χ4v) is 1.94. The molecule has 1 heterocycles. The Morgan fingerprint density at radius 1 is 1.18 bits per heavy atom. The monoisotopic (exact) mass is 302 g/mol. The molecule has 0 aliphatic carbocycles. The van der Waals surface area contributed by atoms with Crippen LogP contribution < -0.4 is 5.56 Å². The predicted molar refractivity (Wildman–Crippen MR) is 78.9 cm³/mol. The van der Waals surface area contributed by atoms with Crippen LogP contribution in [0.15, 0.2) is 41.2 Å². The van der Waals surface area contributed by atoms with E-state index in [2.05, 4.69) is 0 Å². The summed E-state index contributed by atoms with van der Waals surface area (Å²) in [5.41, 5.74) is 0.960. The van der Waals surface area contributed by atoms with Gasteiger partial charge >= 0.3 is 18.2 Å². The Labute approximate surface area is 126 Å². The van der Waals surface area contributed by atoms with E-state index in [1.165, 1.54) is 35.6 Å². The number of carbonyl (C=O) groups is 2. The molecule has 7 heteroatoms. The Balaban J connectivity index is 2.63. The molecule has 1 aromatic heterocycles. The summed E-state index contributed by atoms with van der Waals surface area (Å²) < 4.78 is 3.60. The van der Waals surface area contributed by atoms with Crippen molar-refractivity contribution in [3.05, 3.63) is 52.4 Å². The summed E-state index contributed by atoms with van der Waals surface area (Å²) in [7, 11) is 0. The number of para-hydroxylation sites is 1. The lowest BCUT2D eigenvalue weighted by Crippen LogP contribution is -2.29. The van der Waals surface area contributed by atoms with E-state index >= 15 is 0 Å². The van der Waals surface area contributed by atoms with E-state index in [-0.39, 0.29) is 5.56 Å². The molecule has 0 radical (unpaired) electrons. The van der Waals surface area contributed by atoms with Gasteiger partial charge in [0.25, 0.3) is 5.56 Å². The maximum atomic E-state index is 12.1. The summed E-state index contributed by atoms with van der Waals surface area (Å²) in [4.78, 5) is 39.6. The third-order valence-corrected chi connectivity index (χ3v) is 2.87. The average Bonchev–Trinajstić information content (AvgIpc) is 2.73. The van der Waals surface area contributed by atoms with E-state index in [9.17, 15) is 14.4 Å². The Bertz CT molecular complexity index is 800. The second-order valence-electron chi connectivity index (χ2n) is 4.66. The number of carbonyl (C=O) groups excluding carboxylic acids is 2. The standard InChI is InChI=1S/C15H16N3O4/c1-11-9-15(21)18(14-7-5-4-6-8-14)16(11)10-17(12(2)19)22-13(3)20/h4-10H,1-3H3/q+1. The molecular formula is C15H16N3O4+. The molecule has 0 aliphatic rings. The minimum absolute atomic E-state index is 0.258. The number of aryl methyl sites for hydroxylation is 1. The van der Waals surface area contributed by atoms with E-state index < -0.39 is 11.9 Å². The molecule has 0 bridgehead atoms. The van der Waals surface area contributed by atoms with Crippen LogP contribution in [0.5, 0.6) is 0 Å². The quantitative estimate of drug-likeness (QED) is 0.271. The zero-order valence-corrected chi connectivity index (χ0v) is 12.5.